The van der Waals surface area contributed by atoms with Crippen LogP contribution in [0.1, 0.15) is 11.1 Å². The summed E-state index contributed by atoms with van der Waals surface area (Å²) in [6, 6.07) is 11.5. The van der Waals surface area contributed by atoms with Crippen LogP contribution >= 0.6 is 11.6 Å². The van der Waals surface area contributed by atoms with Gasteiger partial charge in [0.1, 0.15) is 0 Å². The van der Waals surface area contributed by atoms with Crippen molar-refractivity contribution in [3.8, 4) is 0 Å². The predicted octanol–water partition coefficient (Wildman–Crippen LogP) is 3.23. The molecule has 1 amide bonds. The standard InChI is InChI=1S/C16H16ClNO3S/c1-11-9-13(17)5-8-15(11)18-16(19)10-12-3-6-14(7-4-12)22(2,20)21/h3-9H,10H2,1-2H3,(H,18,19). The van der Waals surface area contributed by atoms with Crippen molar-refractivity contribution in [3.05, 3.63) is 58.6 Å². The first-order valence-corrected chi connectivity index (χ1v) is 8.87. The largest absolute Gasteiger partial charge is 0.326 e. The van der Waals surface area contributed by atoms with Gasteiger partial charge in [-0.1, -0.05) is 23.7 Å². The van der Waals surface area contributed by atoms with Gasteiger partial charge in [0, 0.05) is 17.0 Å². The third kappa shape index (κ3) is 4.32. The van der Waals surface area contributed by atoms with Gasteiger partial charge >= 0.3 is 0 Å². The van der Waals surface area contributed by atoms with E-state index in [1.54, 1.807) is 30.3 Å². The van der Waals surface area contributed by atoms with Gasteiger partial charge in [-0.3, -0.25) is 4.79 Å². The number of amides is 1. The van der Waals surface area contributed by atoms with Crippen LogP contribution in [0.15, 0.2) is 47.4 Å². The quantitative estimate of drug-likeness (QED) is 0.931. The van der Waals surface area contributed by atoms with Crippen LogP contribution in [0.2, 0.25) is 5.02 Å². The highest BCUT2D eigenvalue weighted by Crippen LogP contribution is 2.20. The van der Waals surface area contributed by atoms with E-state index in [4.69, 9.17) is 11.6 Å². The van der Waals surface area contributed by atoms with Crippen molar-refractivity contribution < 1.29 is 13.2 Å². The summed E-state index contributed by atoms with van der Waals surface area (Å²) in [7, 11) is -3.22. The van der Waals surface area contributed by atoms with Crippen molar-refractivity contribution in [2.45, 2.75) is 18.2 Å². The lowest BCUT2D eigenvalue weighted by Gasteiger charge is -2.09. The Morgan fingerprint density at radius 3 is 2.32 bits per heavy atom. The van der Waals surface area contributed by atoms with Gasteiger partial charge in [0.15, 0.2) is 9.84 Å². The number of hydrogen-bond acceptors (Lipinski definition) is 3. The molecule has 2 rings (SSSR count). The van der Waals surface area contributed by atoms with E-state index in [1.807, 2.05) is 6.92 Å². The first kappa shape index (κ1) is 16.5. The molecule has 0 radical (unpaired) electrons. The van der Waals surface area contributed by atoms with Gasteiger partial charge in [0.25, 0.3) is 0 Å². The Bertz CT molecular complexity index is 799. The van der Waals surface area contributed by atoms with Crippen LogP contribution in [0.5, 0.6) is 0 Å². The molecule has 0 aliphatic rings. The number of hydrogen-bond donors (Lipinski definition) is 1. The summed E-state index contributed by atoms with van der Waals surface area (Å²) < 4.78 is 22.8. The number of anilines is 1. The maximum absolute atomic E-state index is 12.0. The third-order valence-corrected chi connectivity index (χ3v) is 4.54. The number of halogens is 1. The highest BCUT2D eigenvalue weighted by atomic mass is 35.5. The van der Waals surface area contributed by atoms with E-state index in [-0.39, 0.29) is 17.2 Å². The Balaban J connectivity index is 2.06. The summed E-state index contributed by atoms with van der Waals surface area (Å²) in [6.07, 6.45) is 1.32. The van der Waals surface area contributed by atoms with Crippen LogP contribution in [-0.2, 0) is 21.1 Å². The second-order valence-corrected chi connectivity index (χ2v) is 7.55. The van der Waals surface area contributed by atoms with Crippen molar-refractivity contribution in [1.82, 2.24) is 0 Å². The molecule has 0 saturated carbocycles. The minimum Gasteiger partial charge on any atom is -0.326 e. The zero-order valence-corrected chi connectivity index (χ0v) is 13.8. The first-order chi connectivity index (χ1) is 10.3. The van der Waals surface area contributed by atoms with Crippen molar-refractivity contribution in [2.75, 3.05) is 11.6 Å². The van der Waals surface area contributed by atoms with Crippen LogP contribution in [-0.4, -0.2) is 20.6 Å². The lowest BCUT2D eigenvalue weighted by molar-refractivity contribution is -0.115. The molecule has 0 aromatic heterocycles. The van der Waals surface area contributed by atoms with Crippen molar-refractivity contribution in [1.29, 1.82) is 0 Å². The summed E-state index contributed by atoms with van der Waals surface area (Å²) >= 11 is 5.87. The zero-order chi connectivity index (χ0) is 16.3. The summed E-state index contributed by atoms with van der Waals surface area (Å²) in [6.45, 7) is 1.86. The van der Waals surface area contributed by atoms with E-state index < -0.39 is 9.84 Å². The van der Waals surface area contributed by atoms with Gasteiger partial charge in [-0.15, -0.1) is 0 Å². The molecule has 22 heavy (non-hydrogen) atoms. The molecule has 1 N–H and O–H groups in total. The Morgan fingerprint density at radius 2 is 1.77 bits per heavy atom. The summed E-state index contributed by atoms with van der Waals surface area (Å²) in [4.78, 5) is 12.3. The van der Waals surface area contributed by atoms with E-state index in [0.29, 0.717) is 10.7 Å². The van der Waals surface area contributed by atoms with Crippen LogP contribution in [0.25, 0.3) is 0 Å². The molecule has 4 nitrogen and oxygen atoms in total. The maximum atomic E-state index is 12.0. The number of aryl methyl sites for hydroxylation is 1. The molecule has 0 unspecified atom stereocenters. The lowest BCUT2D eigenvalue weighted by Crippen LogP contribution is -2.15. The Morgan fingerprint density at radius 1 is 1.14 bits per heavy atom. The van der Waals surface area contributed by atoms with Gasteiger partial charge in [0.05, 0.1) is 11.3 Å². The highest BCUT2D eigenvalue weighted by molar-refractivity contribution is 7.90. The normalized spacial score (nSPS) is 11.2. The number of sulfone groups is 1. The molecule has 116 valence electrons. The molecule has 2 aromatic rings. The smallest absolute Gasteiger partial charge is 0.228 e. The molecule has 0 spiro atoms. The maximum Gasteiger partial charge on any atom is 0.228 e. The van der Waals surface area contributed by atoms with Crippen molar-refractivity contribution in [2.24, 2.45) is 0 Å². The minimum absolute atomic E-state index is 0.169. The molecule has 0 aliphatic carbocycles. The van der Waals surface area contributed by atoms with E-state index in [9.17, 15) is 13.2 Å². The van der Waals surface area contributed by atoms with Crippen molar-refractivity contribution in [3.63, 3.8) is 0 Å². The molecule has 0 atom stereocenters. The Labute approximate surface area is 135 Å². The summed E-state index contributed by atoms with van der Waals surface area (Å²) in [5.74, 6) is -0.169. The molecule has 0 bridgehead atoms. The van der Waals surface area contributed by atoms with Gasteiger partial charge < -0.3 is 5.32 Å². The van der Waals surface area contributed by atoms with Gasteiger partial charge in [-0.25, -0.2) is 8.42 Å². The van der Waals surface area contributed by atoms with Crippen LogP contribution in [0, 0.1) is 6.92 Å². The van der Waals surface area contributed by atoms with Crippen LogP contribution < -0.4 is 5.32 Å². The van der Waals surface area contributed by atoms with Crippen molar-refractivity contribution >= 4 is 33.0 Å². The SMILES string of the molecule is Cc1cc(Cl)ccc1NC(=O)Cc1ccc(S(C)(=O)=O)cc1. The molecule has 2 aromatic carbocycles. The third-order valence-electron chi connectivity index (χ3n) is 3.18. The molecular formula is C16H16ClNO3S. The summed E-state index contributed by atoms with van der Waals surface area (Å²) in [5, 5.41) is 3.43. The second kappa shape index (κ2) is 6.50. The van der Waals surface area contributed by atoms with Gasteiger partial charge in [-0.05, 0) is 48.4 Å². The fraction of sp³-hybridized carbons (Fsp3) is 0.188. The number of rotatable bonds is 4. The highest BCUT2D eigenvalue weighted by Gasteiger charge is 2.09. The molecular weight excluding hydrogens is 322 g/mol. The topological polar surface area (TPSA) is 63.2 Å². The first-order valence-electron chi connectivity index (χ1n) is 6.61. The van der Waals surface area contributed by atoms with E-state index in [1.165, 1.54) is 12.1 Å². The monoisotopic (exact) mass is 337 g/mol. The molecule has 0 saturated heterocycles. The molecule has 0 fully saturated rings. The second-order valence-electron chi connectivity index (χ2n) is 5.10. The number of carbonyl (C=O) groups excluding carboxylic acids is 1. The van der Waals surface area contributed by atoms with Crippen LogP contribution in [0.4, 0.5) is 5.69 Å². The Hall–Kier alpha value is -1.85. The average molecular weight is 338 g/mol. The minimum atomic E-state index is -3.22. The Kier molecular flexibility index (Phi) is 4.88. The average Bonchev–Trinajstić information content (AvgIpc) is 2.41. The summed E-state index contributed by atoms with van der Waals surface area (Å²) in [5.41, 5.74) is 2.34. The lowest BCUT2D eigenvalue weighted by atomic mass is 10.1. The van der Waals surface area contributed by atoms with E-state index in [2.05, 4.69) is 5.32 Å². The van der Waals surface area contributed by atoms with Gasteiger partial charge in [-0.2, -0.15) is 0 Å². The van der Waals surface area contributed by atoms with Crippen LogP contribution in [0.3, 0.4) is 0 Å². The molecule has 6 heteroatoms. The number of benzene rings is 2. The molecule has 0 aliphatic heterocycles. The number of carbonyl (C=O) groups is 1. The fourth-order valence-corrected chi connectivity index (χ4v) is 2.86. The van der Waals surface area contributed by atoms with E-state index >= 15 is 0 Å². The van der Waals surface area contributed by atoms with E-state index in [0.717, 1.165) is 17.4 Å². The number of nitrogens with one attached hydrogen (secondary N) is 1. The predicted molar refractivity (Wildman–Crippen MR) is 88.1 cm³/mol. The molecule has 0 heterocycles. The zero-order valence-electron chi connectivity index (χ0n) is 12.3. The fourth-order valence-electron chi connectivity index (χ4n) is 2.00. The van der Waals surface area contributed by atoms with Gasteiger partial charge in [0.2, 0.25) is 5.91 Å².